The molecule has 2 aromatic rings. The number of thioether (sulfide) groups is 1. The van der Waals surface area contributed by atoms with Gasteiger partial charge in [-0.3, -0.25) is 9.59 Å². The van der Waals surface area contributed by atoms with Crippen LogP contribution in [0, 0.1) is 6.92 Å². The van der Waals surface area contributed by atoms with E-state index in [0.29, 0.717) is 21.0 Å². The molecule has 1 N–H and O–H groups in total. The van der Waals surface area contributed by atoms with Gasteiger partial charge in [0.2, 0.25) is 5.43 Å². The third kappa shape index (κ3) is 1.95. The summed E-state index contributed by atoms with van der Waals surface area (Å²) < 4.78 is 0. The number of fused-ring (bicyclic) bond motifs is 1. The van der Waals surface area contributed by atoms with E-state index in [2.05, 4.69) is 4.98 Å². The van der Waals surface area contributed by atoms with Gasteiger partial charge in [0.25, 0.3) is 0 Å². The van der Waals surface area contributed by atoms with E-state index in [0.717, 1.165) is 5.56 Å². The molecule has 1 heterocycles. The Bertz CT molecular complexity index is 706. The fourth-order valence-electron chi connectivity index (χ4n) is 1.94. The molecule has 1 aromatic heterocycles. The number of benzene rings is 1. The first-order valence-corrected chi connectivity index (χ1v) is 6.97. The smallest absolute Gasteiger partial charge is 0.202 e. The molecule has 0 atom stereocenters. The van der Waals surface area contributed by atoms with Crippen LogP contribution >= 0.6 is 23.4 Å². The highest BCUT2D eigenvalue weighted by Crippen LogP contribution is 2.26. The van der Waals surface area contributed by atoms with E-state index >= 15 is 0 Å². The number of hydrogen-bond donors (Lipinski definition) is 1. The minimum absolute atomic E-state index is 0.183. The lowest BCUT2D eigenvalue weighted by atomic mass is 10.1. The van der Waals surface area contributed by atoms with Crippen LogP contribution in [0.3, 0.4) is 0 Å². The highest BCUT2D eigenvalue weighted by atomic mass is 35.5. The van der Waals surface area contributed by atoms with Crippen LogP contribution in [0.4, 0.5) is 0 Å². The third-order valence-electron chi connectivity index (χ3n) is 2.84. The summed E-state index contributed by atoms with van der Waals surface area (Å²) in [7, 11) is 0. The molecule has 0 saturated heterocycles. The number of ketones is 1. The van der Waals surface area contributed by atoms with Crippen molar-refractivity contribution in [2.24, 2.45) is 0 Å². The second kappa shape index (κ2) is 4.78. The van der Waals surface area contributed by atoms with Gasteiger partial charge in [-0.25, -0.2) is 0 Å². The molecule has 0 saturated carbocycles. The molecule has 94 valence electrons. The number of aromatic amines is 1. The highest BCUT2D eigenvalue weighted by molar-refractivity contribution is 7.98. The molecule has 0 aliphatic heterocycles. The molecule has 3 nitrogen and oxygen atoms in total. The minimum atomic E-state index is -0.297. The molecule has 0 aliphatic rings. The topological polar surface area (TPSA) is 49.9 Å². The van der Waals surface area contributed by atoms with Gasteiger partial charge in [-0.05, 0) is 31.7 Å². The lowest BCUT2D eigenvalue weighted by Gasteiger charge is -2.09. The maximum atomic E-state index is 12.4. The van der Waals surface area contributed by atoms with Gasteiger partial charge < -0.3 is 4.98 Å². The van der Waals surface area contributed by atoms with E-state index in [-0.39, 0.29) is 16.8 Å². The Hall–Kier alpha value is -1.26. The maximum Gasteiger partial charge on any atom is 0.202 e. The van der Waals surface area contributed by atoms with Crippen molar-refractivity contribution >= 4 is 40.0 Å². The van der Waals surface area contributed by atoms with Crippen LogP contribution in [-0.4, -0.2) is 17.0 Å². The number of carbonyl (C=O) groups is 1. The Balaban J connectivity index is 3.06. The Kier molecular flexibility index (Phi) is 3.50. The Morgan fingerprint density at radius 1 is 1.39 bits per heavy atom. The van der Waals surface area contributed by atoms with Gasteiger partial charge in [-0.1, -0.05) is 17.7 Å². The average molecular weight is 282 g/mol. The standard InChI is InChI=1S/C13H12ClNO2S/c1-6-4-5-8(14)10-11(6)15-13(18-3)9(7(2)16)12(10)17/h4-5H,1-3H3,(H,15,17). The summed E-state index contributed by atoms with van der Waals surface area (Å²) in [6.45, 7) is 3.28. The Labute approximate surface area is 114 Å². The largest absolute Gasteiger partial charge is 0.349 e. The number of nitrogens with one attached hydrogen (secondary N) is 1. The molecule has 0 aliphatic carbocycles. The fraction of sp³-hybridized carbons (Fsp3) is 0.231. The monoisotopic (exact) mass is 281 g/mol. The number of aryl methyl sites for hydroxylation is 1. The average Bonchev–Trinajstić information content (AvgIpc) is 2.32. The zero-order valence-electron chi connectivity index (χ0n) is 10.3. The maximum absolute atomic E-state index is 12.4. The molecule has 0 fully saturated rings. The number of Topliss-reactive ketones (excluding diaryl/α,β-unsaturated/α-hetero) is 1. The van der Waals surface area contributed by atoms with Gasteiger partial charge in [-0.15, -0.1) is 11.8 Å². The molecule has 1 aromatic carbocycles. The van der Waals surface area contributed by atoms with Crippen molar-refractivity contribution in [3.8, 4) is 0 Å². The normalized spacial score (nSPS) is 10.9. The van der Waals surface area contributed by atoms with Crippen LogP contribution in [0.25, 0.3) is 10.9 Å². The zero-order valence-corrected chi connectivity index (χ0v) is 11.8. The van der Waals surface area contributed by atoms with Gasteiger partial charge in [0.1, 0.15) is 0 Å². The zero-order chi connectivity index (χ0) is 13.4. The summed E-state index contributed by atoms with van der Waals surface area (Å²) in [5.74, 6) is -0.250. The van der Waals surface area contributed by atoms with Crippen LogP contribution in [0.5, 0.6) is 0 Å². The number of pyridine rings is 1. The minimum Gasteiger partial charge on any atom is -0.349 e. The summed E-state index contributed by atoms with van der Waals surface area (Å²) in [6.07, 6.45) is 1.82. The summed E-state index contributed by atoms with van der Waals surface area (Å²) in [5.41, 5.74) is 1.51. The Morgan fingerprint density at radius 2 is 2.06 bits per heavy atom. The number of rotatable bonds is 2. The van der Waals surface area contributed by atoms with Crippen molar-refractivity contribution in [2.75, 3.05) is 6.26 Å². The van der Waals surface area contributed by atoms with Gasteiger partial charge in [0, 0.05) is 0 Å². The van der Waals surface area contributed by atoms with E-state index < -0.39 is 0 Å². The molecule has 0 bridgehead atoms. The summed E-state index contributed by atoms with van der Waals surface area (Å²) in [5, 5.41) is 1.34. The lowest BCUT2D eigenvalue weighted by Crippen LogP contribution is -2.17. The second-order valence-electron chi connectivity index (χ2n) is 4.03. The first-order valence-electron chi connectivity index (χ1n) is 5.37. The van der Waals surface area contributed by atoms with Gasteiger partial charge in [0.15, 0.2) is 5.78 Å². The van der Waals surface area contributed by atoms with Crippen molar-refractivity contribution in [3.05, 3.63) is 38.5 Å². The first kappa shape index (κ1) is 13.2. The van der Waals surface area contributed by atoms with Crippen LogP contribution in [0.15, 0.2) is 22.0 Å². The van der Waals surface area contributed by atoms with Crippen molar-refractivity contribution in [2.45, 2.75) is 18.9 Å². The quantitative estimate of drug-likeness (QED) is 0.678. The van der Waals surface area contributed by atoms with Gasteiger partial charge >= 0.3 is 0 Å². The van der Waals surface area contributed by atoms with E-state index in [4.69, 9.17) is 11.6 Å². The second-order valence-corrected chi connectivity index (χ2v) is 5.26. The summed E-state index contributed by atoms with van der Waals surface area (Å²) >= 11 is 7.42. The number of hydrogen-bond acceptors (Lipinski definition) is 3. The molecule has 0 unspecified atom stereocenters. The van der Waals surface area contributed by atoms with Crippen molar-refractivity contribution in [3.63, 3.8) is 0 Å². The molecular weight excluding hydrogens is 270 g/mol. The number of H-pyrrole nitrogens is 1. The van der Waals surface area contributed by atoms with E-state index in [9.17, 15) is 9.59 Å². The number of carbonyl (C=O) groups excluding carboxylic acids is 1. The lowest BCUT2D eigenvalue weighted by molar-refractivity contribution is 0.101. The van der Waals surface area contributed by atoms with Crippen LogP contribution in [0.1, 0.15) is 22.8 Å². The number of aromatic nitrogens is 1. The van der Waals surface area contributed by atoms with E-state index in [1.54, 1.807) is 6.07 Å². The molecule has 0 radical (unpaired) electrons. The molecule has 0 amide bonds. The van der Waals surface area contributed by atoms with Gasteiger partial charge in [-0.2, -0.15) is 0 Å². The van der Waals surface area contributed by atoms with Crippen molar-refractivity contribution in [1.82, 2.24) is 4.98 Å². The van der Waals surface area contributed by atoms with E-state index in [1.165, 1.54) is 18.7 Å². The first-order chi connectivity index (χ1) is 8.47. The van der Waals surface area contributed by atoms with Crippen molar-refractivity contribution in [1.29, 1.82) is 0 Å². The molecule has 18 heavy (non-hydrogen) atoms. The molecule has 5 heteroatoms. The predicted octanol–water partition coefficient (Wildman–Crippen LogP) is 3.41. The van der Waals surface area contributed by atoms with Gasteiger partial charge in [0.05, 0.1) is 26.5 Å². The van der Waals surface area contributed by atoms with Crippen LogP contribution in [0.2, 0.25) is 5.02 Å². The Morgan fingerprint density at radius 3 is 2.61 bits per heavy atom. The predicted molar refractivity (Wildman–Crippen MR) is 76.1 cm³/mol. The SMILES string of the molecule is CSc1[nH]c2c(C)ccc(Cl)c2c(=O)c1C(C)=O. The van der Waals surface area contributed by atoms with E-state index in [1.807, 2.05) is 19.2 Å². The number of halogens is 1. The fourth-order valence-corrected chi connectivity index (χ4v) is 2.83. The third-order valence-corrected chi connectivity index (χ3v) is 3.87. The van der Waals surface area contributed by atoms with Crippen LogP contribution < -0.4 is 5.43 Å². The summed E-state index contributed by atoms with van der Waals surface area (Å²) in [4.78, 5) is 27.1. The highest BCUT2D eigenvalue weighted by Gasteiger charge is 2.17. The molecular formula is C13H12ClNO2S. The molecule has 2 rings (SSSR count). The van der Waals surface area contributed by atoms with Crippen LogP contribution in [-0.2, 0) is 0 Å². The molecule has 0 spiro atoms. The van der Waals surface area contributed by atoms with Crippen molar-refractivity contribution < 1.29 is 4.79 Å². The summed E-state index contributed by atoms with van der Waals surface area (Å²) in [6, 6.07) is 3.52.